The molecule has 16 heavy (non-hydrogen) atoms. The molecule has 0 fully saturated rings. The van der Waals surface area contributed by atoms with Crippen molar-refractivity contribution in [2.24, 2.45) is 7.05 Å². The first kappa shape index (κ1) is 10.6. The molecule has 2 aromatic heterocycles. The molecule has 0 atom stereocenters. The number of hydrogen-bond acceptors (Lipinski definition) is 3. The van der Waals surface area contributed by atoms with Gasteiger partial charge in [0.25, 0.3) is 0 Å². The highest BCUT2D eigenvalue weighted by Crippen LogP contribution is 2.06. The van der Waals surface area contributed by atoms with Gasteiger partial charge in [-0.05, 0) is 12.5 Å². The zero-order valence-corrected chi connectivity index (χ0v) is 9.42. The van der Waals surface area contributed by atoms with Crippen LogP contribution < -0.4 is 0 Å². The summed E-state index contributed by atoms with van der Waals surface area (Å²) in [6.07, 6.45) is 6.11. The third kappa shape index (κ3) is 2.03. The van der Waals surface area contributed by atoms with Gasteiger partial charge in [0.2, 0.25) is 5.78 Å². The van der Waals surface area contributed by atoms with Crippen molar-refractivity contribution in [2.45, 2.75) is 19.9 Å². The molecule has 0 unspecified atom stereocenters. The molecule has 2 aromatic rings. The van der Waals surface area contributed by atoms with E-state index in [2.05, 4.69) is 17.1 Å². The maximum atomic E-state index is 11.9. The van der Waals surface area contributed by atoms with E-state index in [1.807, 2.05) is 0 Å². The molecule has 2 rings (SSSR count). The molecule has 0 radical (unpaired) electrons. The Labute approximate surface area is 93.7 Å². The average molecular weight is 218 g/mol. The van der Waals surface area contributed by atoms with Gasteiger partial charge >= 0.3 is 0 Å². The highest BCUT2D eigenvalue weighted by atomic mass is 16.1. The van der Waals surface area contributed by atoms with Crippen LogP contribution in [0.4, 0.5) is 0 Å². The molecule has 0 aromatic carbocycles. The summed E-state index contributed by atoms with van der Waals surface area (Å²) >= 11 is 0. The van der Waals surface area contributed by atoms with E-state index >= 15 is 0 Å². The average Bonchev–Trinajstić information content (AvgIpc) is 2.87. The normalized spacial score (nSPS) is 10.6. The van der Waals surface area contributed by atoms with Crippen LogP contribution in [0.3, 0.4) is 0 Å². The van der Waals surface area contributed by atoms with Gasteiger partial charge in [-0.1, -0.05) is 6.92 Å². The van der Waals surface area contributed by atoms with E-state index < -0.39 is 0 Å². The zero-order chi connectivity index (χ0) is 11.5. The second-order valence-electron chi connectivity index (χ2n) is 3.70. The summed E-state index contributed by atoms with van der Waals surface area (Å²) in [5.74, 6) is -0.0806. The molecule has 0 amide bonds. The van der Waals surface area contributed by atoms with Crippen LogP contribution in [0.25, 0.3) is 0 Å². The second kappa shape index (κ2) is 4.30. The predicted octanol–water partition coefficient (Wildman–Crippen LogP) is 1.26. The van der Waals surface area contributed by atoms with Crippen molar-refractivity contribution < 1.29 is 4.79 Å². The number of nitrogens with zero attached hydrogens (tertiary/aromatic N) is 4. The molecule has 0 saturated heterocycles. The van der Waals surface area contributed by atoms with E-state index in [1.165, 1.54) is 0 Å². The van der Waals surface area contributed by atoms with Crippen molar-refractivity contribution >= 4 is 5.78 Å². The lowest BCUT2D eigenvalue weighted by molar-refractivity contribution is 0.103. The fraction of sp³-hybridized carbons (Fsp3) is 0.364. The highest BCUT2D eigenvalue weighted by molar-refractivity contribution is 6.07. The number of hydrogen-bond donors (Lipinski definition) is 0. The summed E-state index contributed by atoms with van der Waals surface area (Å²) in [5.41, 5.74) is 1.05. The number of carbonyl (C=O) groups is 1. The molecule has 0 N–H and O–H groups in total. The molecular formula is C11H14N4O. The lowest BCUT2D eigenvalue weighted by Crippen LogP contribution is -2.02. The lowest BCUT2D eigenvalue weighted by Gasteiger charge is -1.94. The largest absolute Gasteiger partial charge is 0.287 e. The van der Waals surface area contributed by atoms with Gasteiger partial charge in [-0.15, -0.1) is 0 Å². The summed E-state index contributed by atoms with van der Waals surface area (Å²) in [7, 11) is 1.79. The van der Waals surface area contributed by atoms with Crippen molar-refractivity contribution in [1.82, 2.24) is 19.6 Å². The Morgan fingerprint density at radius 1 is 1.50 bits per heavy atom. The zero-order valence-electron chi connectivity index (χ0n) is 9.42. The van der Waals surface area contributed by atoms with Crippen molar-refractivity contribution in [3.63, 3.8) is 0 Å². The monoisotopic (exact) mass is 218 g/mol. The number of carbonyl (C=O) groups excluding carboxylic acids is 1. The Bertz CT molecular complexity index is 498. The van der Waals surface area contributed by atoms with Gasteiger partial charge in [-0.2, -0.15) is 10.2 Å². The quantitative estimate of drug-likeness (QED) is 0.726. The fourth-order valence-electron chi connectivity index (χ4n) is 1.52. The SMILES string of the molecule is CCCn1cc(C(=O)c2ccn(C)n2)cn1. The third-order valence-electron chi connectivity index (χ3n) is 2.29. The Hall–Kier alpha value is -1.91. The van der Waals surface area contributed by atoms with Crippen LogP contribution in [0, 0.1) is 0 Å². The van der Waals surface area contributed by atoms with Crippen LogP contribution >= 0.6 is 0 Å². The molecule has 2 heterocycles. The minimum Gasteiger partial charge on any atom is -0.287 e. The van der Waals surface area contributed by atoms with Gasteiger partial charge in [0.1, 0.15) is 5.69 Å². The first-order chi connectivity index (χ1) is 7.70. The van der Waals surface area contributed by atoms with Crippen molar-refractivity contribution in [1.29, 1.82) is 0 Å². The van der Waals surface area contributed by atoms with Crippen LogP contribution in [-0.4, -0.2) is 25.3 Å². The van der Waals surface area contributed by atoms with Gasteiger partial charge in [0, 0.05) is 26.0 Å². The number of aryl methyl sites for hydroxylation is 2. The molecule has 0 saturated carbocycles. The first-order valence-corrected chi connectivity index (χ1v) is 5.27. The van der Waals surface area contributed by atoms with Crippen molar-refractivity contribution in [3.8, 4) is 0 Å². The minimum absolute atomic E-state index is 0.0806. The summed E-state index contributed by atoms with van der Waals surface area (Å²) in [4.78, 5) is 11.9. The van der Waals surface area contributed by atoms with E-state index in [0.29, 0.717) is 11.3 Å². The molecular weight excluding hydrogens is 204 g/mol. The molecule has 0 aliphatic carbocycles. The van der Waals surface area contributed by atoms with Gasteiger partial charge in [0.05, 0.1) is 11.8 Å². The number of rotatable bonds is 4. The summed E-state index contributed by atoms with van der Waals surface area (Å²) in [6, 6.07) is 1.71. The fourth-order valence-corrected chi connectivity index (χ4v) is 1.52. The van der Waals surface area contributed by atoms with Gasteiger partial charge in [0.15, 0.2) is 0 Å². The van der Waals surface area contributed by atoms with E-state index in [9.17, 15) is 4.79 Å². The van der Waals surface area contributed by atoms with Crippen LogP contribution in [0.5, 0.6) is 0 Å². The maximum Gasteiger partial charge on any atom is 0.216 e. The van der Waals surface area contributed by atoms with Crippen LogP contribution in [0.1, 0.15) is 29.4 Å². The van der Waals surface area contributed by atoms with E-state index in [0.717, 1.165) is 13.0 Å². The smallest absolute Gasteiger partial charge is 0.216 e. The van der Waals surface area contributed by atoms with Gasteiger partial charge in [-0.3, -0.25) is 14.2 Å². The summed E-state index contributed by atoms with van der Waals surface area (Å²) in [6.45, 7) is 2.90. The highest BCUT2D eigenvalue weighted by Gasteiger charge is 2.13. The summed E-state index contributed by atoms with van der Waals surface area (Å²) < 4.78 is 3.39. The van der Waals surface area contributed by atoms with Crippen LogP contribution in [0.15, 0.2) is 24.7 Å². The van der Waals surface area contributed by atoms with E-state index in [-0.39, 0.29) is 5.78 Å². The molecule has 5 nitrogen and oxygen atoms in total. The molecule has 5 heteroatoms. The Morgan fingerprint density at radius 2 is 2.31 bits per heavy atom. The first-order valence-electron chi connectivity index (χ1n) is 5.27. The predicted molar refractivity (Wildman–Crippen MR) is 59.2 cm³/mol. The van der Waals surface area contributed by atoms with Gasteiger partial charge < -0.3 is 0 Å². The van der Waals surface area contributed by atoms with Crippen LogP contribution in [-0.2, 0) is 13.6 Å². The number of ketones is 1. The minimum atomic E-state index is -0.0806. The number of aromatic nitrogens is 4. The topological polar surface area (TPSA) is 52.7 Å². The third-order valence-corrected chi connectivity index (χ3v) is 2.29. The van der Waals surface area contributed by atoms with Gasteiger partial charge in [-0.25, -0.2) is 0 Å². The van der Waals surface area contributed by atoms with E-state index in [4.69, 9.17) is 0 Å². The second-order valence-corrected chi connectivity index (χ2v) is 3.70. The lowest BCUT2D eigenvalue weighted by atomic mass is 10.2. The van der Waals surface area contributed by atoms with E-state index in [1.54, 1.807) is 41.1 Å². The standard InChI is InChI=1S/C11H14N4O/c1-3-5-15-8-9(7-12-15)11(16)10-4-6-14(2)13-10/h4,6-8H,3,5H2,1-2H3. The molecule has 0 aliphatic rings. The molecule has 0 aliphatic heterocycles. The Morgan fingerprint density at radius 3 is 2.94 bits per heavy atom. The maximum absolute atomic E-state index is 11.9. The molecule has 0 spiro atoms. The Balaban J connectivity index is 2.20. The molecule has 0 bridgehead atoms. The van der Waals surface area contributed by atoms with Crippen molar-refractivity contribution in [2.75, 3.05) is 0 Å². The molecule has 84 valence electrons. The van der Waals surface area contributed by atoms with Crippen LogP contribution in [0.2, 0.25) is 0 Å². The van der Waals surface area contributed by atoms with Crippen molar-refractivity contribution in [3.05, 3.63) is 35.9 Å². The summed E-state index contributed by atoms with van der Waals surface area (Å²) in [5, 5.41) is 8.19. The Kier molecular flexibility index (Phi) is 2.85.